The van der Waals surface area contributed by atoms with Crippen molar-refractivity contribution in [3.8, 4) is 11.1 Å². The number of rotatable bonds is 9. The number of hydrogen-bond donors (Lipinski definition) is 4. The standard InChI is InChI=1S/C25H30N2O6/c1-24(2,22(30)26-15-25(3,32)12-21(28)29)14-27-23(31)33-13-20-18-10-6-4-8-16(18)17-9-5-7-11-19(17)20/h4-11,20,32H,12-15H2,1-3H3,(H,26,30)(H,27,31)(H,28,29). The Bertz CT molecular complexity index is 1000. The Morgan fingerprint density at radius 2 is 1.45 bits per heavy atom. The Labute approximate surface area is 193 Å². The molecule has 0 saturated carbocycles. The van der Waals surface area contributed by atoms with Crippen LogP contribution in [0.25, 0.3) is 11.1 Å². The van der Waals surface area contributed by atoms with Crippen LogP contribution in [0, 0.1) is 5.41 Å². The maximum Gasteiger partial charge on any atom is 0.407 e. The van der Waals surface area contributed by atoms with Crippen molar-refractivity contribution in [1.82, 2.24) is 10.6 Å². The number of fused-ring (bicyclic) bond motifs is 3. The lowest BCUT2D eigenvalue weighted by molar-refractivity contribution is -0.143. The summed E-state index contributed by atoms with van der Waals surface area (Å²) in [4.78, 5) is 35.6. The van der Waals surface area contributed by atoms with Crippen LogP contribution in [-0.4, -0.2) is 53.5 Å². The molecule has 0 aromatic heterocycles. The Hall–Kier alpha value is -3.39. The van der Waals surface area contributed by atoms with Crippen LogP contribution in [-0.2, 0) is 14.3 Å². The maximum absolute atomic E-state index is 12.5. The minimum absolute atomic E-state index is 0.0105. The number of aliphatic hydroxyl groups is 1. The first-order valence-electron chi connectivity index (χ1n) is 10.8. The van der Waals surface area contributed by atoms with Crippen LogP contribution < -0.4 is 10.6 Å². The molecule has 3 rings (SSSR count). The van der Waals surface area contributed by atoms with Crippen molar-refractivity contribution >= 4 is 18.0 Å². The fraction of sp³-hybridized carbons (Fsp3) is 0.400. The van der Waals surface area contributed by atoms with Gasteiger partial charge in [-0.05, 0) is 43.0 Å². The van der Waals surface area contributed by atoms with Crippen molar-refractivity contribution < 1.29 is 29.3 Å². The summed E-state index contributed by atoms with van der Waals surface area (Å²) in [5.41, 5.74) is 1.93. The topological polar surface area (TPSA) is 125 Å². The summed E-state index contributed by atoms with van der Waals surface area (Å²) in [5.74, 6) is -1.64. The SMILES string of the molecule is CC(O)(CNC(=O)C(C)(C)CNC(=O)OCC1c2ccccc2-c2ccccc21)CC(=O)O. The number of aliphatic carboxylic acids is 1. The summed E-state index contributed by atoms with van der Waals surface area (Å²) in [6.07, 6.45) is -1.12. The predicted molar refractivity (Wildman–Crippen MR) is 123 cm³/mol. The maximum atomic E-state index is 12.5. The molecule has 176 valence electrons. The van der Waals surface area contributed by atoms with Gasteiger partial charge in [0.15, 0.2) is 0 Å². The smallest absolute Gasteiger partial charge is 0.407 e. The third-order valence-corrected chi connectivity index (χ3v) is 5.79. The van der Waals surface area contributed by atoms with Crippen molar-refractivity contribution in [3.63, 3.8) is 0 Å². The zero-order chi connectivity index (χ0) is 24.2. The molecule has 0 spiro atoms. The van der Waals surface area contributed by atoms with E-state index in [-0.39, 0.29) is 25.6 Å². The molecular weight excluding hydrogens is 424 g/mol. The van der Waals surface area contributed by atoms with Crippen LogP contribution in [0.5, 0.6) is 0 Å². The summed E-state index contributed by atoms with van der Waals surface area (Å²) in [6, 6.07) is 16.1. The molecule has 4 N–H and O–H groups in total. The first-order chi connectivity index (χ1) is 15.5. The van der Waals surface area contributed by atoms with Gasteiger partial charge in [-0.1, -0.05) is 48.5 Å². The van der Waals surface area contributed by atoms with Crippen molar-refractivity contribution in [2.45, 2.75) is 38.7 Å². The Kier molecular flexibility index (Phi) is 7.07. The van der Waals surface area contributed by atoms with Crippen LogP contribution >= 0.6 is 0 Å². The minimum Gasteiger partial charge on any atom is -0.481 e. The molecule has 1 aliphatic carbocycles. The number of ether oxygens (including phenoxy) is 1. The van der Waals surface area contributed by atoms with E-state index in [9.17, 15) is 19.5 Å². The molecule has 0 saturated heterocycles. The van der Waals surface area contributed by atoms with E-state index in [0.29, 0.717) is 0 Å². The van der Waals surface area contributed by atoms with Gasteiger partial charge in [-0.2, -0.15) is 0 Å². The monoisotopic (exact) mass is 454 g/mol. The van der Waals surface area contributed by atoms with E-state index < -0.39 is 35.4 Å². The molecule has 1 aliphatic rings. The molecule has 8 heteroatoms. The van der Waals surface area contributed by atoms with Gasteiger partial charge < -0.3 is 25.6 Å². The van der Waals surface area contributed by atoms with Gasteiger partial charge in [-0.15, -0.1) is 0 Å². The highest BCUT2D eigenvalue weighted by Gasteiger charge is 2.32. The molecule has 2 amide bonds. The Morgan fingerprint density at radius 3 is 2.00 bits per heavy atom. The lowest BCUT2D eigenvalue weighted by Gasteiger charge is -2.27. The zero-order valence-corrected chi connectivity index (χ0v) is 19.1. The fourth-order valence-corrected chi connectivity index (χ4v) is 3.92. The average Bonchev–Trinajstić information content (AvgIpc) is 3.07. The largest absolute Gasteiger partial charge is 0.481 e. The van der Waals surface area contributed by atoms with Crippen molar-refractivity contribution in [2.24, 2.45) is 5.41 Å². The minimum atomic E-state index is -1.57. The van der Waals surface area contributed by atoms with Crippen molar-refractivity contribution in [3.05, 3.63) is 59.7 Å². The molecular formula is C25H30N2O6. The molecule has 33 heavy (non-hydrogen) atoms. The molecule has 1 unspecified atom stereocenters. The highest BCUT2D eigenvalue weighted by atomic mass is 16.5. The van der Waals surface area contributed by atoms with E-state index in [1.165, 1.54) is 6.92 Å². The third kappa shape index (κ3) is 5.90. The Morgan fingerprint density at radius 1 is 0.909 bits per heavy atom. The number of benzene rings is 2. The normalized spacial score (nSPS) is 14.5. The first kappa shape index (κ1) is 24.3. The lowest BCUT2D eigenvalue weighted by atomic mass is 9.91. The summed E-state index contributed by atoms with van der Waals surface area (Å²) >= 11 is 0. The van der Waals surface area contributed by atoms with E-state index >= 15 is 0 Å². The van der Waals surface area contributed by atoms with Gasteiger partial charge in [0.2, 0.25) is 5.91 Å². The van der Waals surface area contributed by atoms with Gasteiger partial charge in [0, 0.05) is 19.0 Å². The predicted octanol–water partition coefficient (Wildman–Crippen LogP) is 2.89. The number of alkyl carbamates (subject to hydrolysis) is 1. The van der Waals surface area contributed by atoms with Crippen LogP contribution in [0.3, 0.4) is 0 Å². The number of hydrogen-bond acceptors (Lipinski definition) is 5. The van der Waals surface area contributed by atoms with E-state index in [2.05, 4.69) is 22.8 Å². The van der Waals surface area contributed by atoms with Crippen LogP contribution in [0.4, 0.5) is 4.79 Å². The summed E-state index contributed by atoms with van der Waals surface area (Å²) in [5, 5.41) is 24.0. The van der Waals surface area contributed by atoms with Gasteiger partial charge in [-0.3, -0.25) is 9.59 Å². The molecule has 8 nitrogen and oxygen atoms in total. The molecule has 0 radical (unpaired) electrons. The van der Waals surface area contributed by atoms with Crippen LogP contribution in [0.15, 0.2) is 48.5 Å². The fourth-order valence-electron chi connectivity index (χ4n) is 3.92. The molecule has 2 aromatic carbocycles. The summed E-state index contributed by atoms with van der Waals surface area (Å²) in [6.45, 7) is 4.58. The number of carboxylic acids is 1. The highest BCUT2D eigenvalue weighted by Crippen LogP contribution is 2.44. The molecule has 0 heterocycles. The number of amides is 2. The number of nitrogens with one attached hydrogen (secondary N) is 2. The number of carbonyl (C=O) groups is 3. The summed E-state index contributed by atoms with van der Waals surface area (Å²) in [7, 11) is 0. The molecule has 0 aliphatic heterocycles. The van der Waals surface area contributed by atoms with Crippen molar-refractivity contribution in [2.75, 3.05) is 19.7 Å². The van der Waals surface area contributed by atoms with E-state index in [0.717, 1.165) is 22.3 Å². The number of carboxylic acid groups (broad SMARTS) is 1. The van der Waals surface area contributed by atoms with Gasteiger partial charge in [-0.25, -0.2) is 4.79 Å². The number of carbonyl (C=O) groups excluding carboxylic acids is 2. The molecule has 2 aromatic rings. The quantitative estimate of drug-likeness (QED) is 0.462. The van der Waals surface area contributed by atoms with Gasteiger partial charge in [0.05, 0.1) is 17.4 Å². The average molecular weight is 455 g/mol. The van der Waals surface area contributed by atoms with Gasteiger partial charge in [0.25, 0.3) is 0 Å². The molecule has 0 bridgehead atoms. The van der Waals surface area contributed by atoms with E-state index in [1.54, 1.807) is 13.8 Å². The van der Waals surface area contributed by atoms with E-state index in [1.807, 2.05) is 36.4 Å². The second-order valence-electron chi connectivity index (χ2n) is 9.31. The molecule has 0 fully saturated rings. The van der Waals surface area contributed by atoms with Crippen LogP contribution in [0.2, 0.25) is 0 Å². The Balaban J connectivity index is 1.52. The lowest BCUT2D eigenvalue weighted by Crippen LogP contribution is -2.49. The summed E-state index contributed by atoms with van der Waals surface area (Å²) < 4.78 is 5.49. The van der Waals surface area contributed by atoms with Crippen molar-refractivity contribution in [1.29, 1.82) is 0 Å². The van der Waals surface area contributed by atoms with Gasteiger partial charge >= 0.3 is 12.1 Å². The first-order valence-corrected chi connectivity index (χ1v) is 10.8. The highest BCUT2D eigenvalue weighted by molar-refractivity contribution is 5.83. The molecule has 1 atom stereocenters. The van der Waals surface area contributed by atoms with Crippen LogP contribution in [0.1, 0.15) is 44.2 Å². The van der Waals surface area contributed by atoms with Gasteiger partial charge in [0.1, 0.15) is 6.61 Å². The third-order valence-electron chi connectivity index (χ3n) is 5.79. The van der Waals surface area contributed by atoms with E-state index in [4.69, 9.17) is 9.84 Å². The second kappa shape index (κ2) is 9.62. The second-order valence-corrected chi connectivity index (χ2v) is 9.31. The zero-order valence-electron chi connectivity index (χ0n) is 19.1.